The lowest BCUT2D eigenvalue weighted by atomic mass is 10.1. The predicted octanol–water partition coefficient (Wildman–Crippen LogP) is 7.36. The molecule has 0 aliphatic carbocycles. The first kappa shape index (κ1) is 27.3. The monoisotopic (exact) mass is 623 g/mol. The number of methoxy groups -OCH3 is 2. The smallest absolute Gasteiger partial charge is 0.282 e. The zero-order chi connectivity index (χ0) is 29.2. The highest BCUT2D eigenvalue weighted by atomic mass is 79.9. The van der Waals surface area contributed by atoms with Crippen LogP contribution in [0, 0.1) is 6.92 Å². The van der Waals surface area contributed by atoms with Gasteiger partial charge < -0.3 is 18.6 Å². The Labute approximate surface area is 249 Å². The van der Waals surface area contributed by atoms with Crippen LogP contribution in [0.2, 0.25) is 0 Å². The molecule has 0 aliphatic heterocycles. The van der Waals surface area contributed by atoms with Crippen LogP contribution in [0.25, 0.3) is 33.5 Å². The van der Waals surface area contributed by atoms with Crippen LogP contribution in [0.15, 0.2) is 104 Å². The van der Waals surface area contributed by atoms with Gasteiger partial charge in [0.25, 0.3) is 5.56 Å². The van der Waals surface area contributed by atoms with Crippen molar-refractivity contribution in [1.82, 2.24) is 9.66 Å². The number of hydrogen-bond acceptors (Lipinski definition) is 7. The molecular formula is C33H26BrN3O5. The number of aryl methyl sites for hydroxylation is 1. The molecule has 9 heteroatoms. The van der Waals surface area contributed by atoms with Crippen LogP contribution in [-0.4, -0.2) is 30.1 Å². The highest BCUT2D eigenvalue weighted by Gasteiger charge is 2.18. The molecule has 4 aromatic carbocycles. The number of fused-ring (bicyclic) bond motifs is 2. The van der Waals surface area contributed by atoms with Gasteiger partial charge in [0.2, 0.25) is 5.82 Å². The number of nitrogens with zero attached hydrogens (tertiary/aromatic N) is 3. The Kier molecular flexibility index (Phi) is 7.50. The summed E-state index contributed by atoms with van der Waals surface area (Å²) >= 11 is 3.61. The van der Waals surface area contributed by atoms with Crippen LogP contribution in [0.3, 0.4) is 0 Å². The van der Waals surface area contributed by atoms with E-state index in [1.165, 1.54) is 4.68 Å². The number of hydrogen-bond donors (Lipinski definition) is 0. The van der Waals surface area contributed by atoms with Crippen LogP contribution < -0.4 is 19.8 Å². The van der Waals surface area contributed by atoms with Gasteiger partial charge in [-0.05, 0) is 76.4 Å². The van der Waals surface area contributed by atoms with E-state index < -0.39 is 0 Å². The molecule has 0 amide bonds. The molecule has 6 aromatic rings. The van der Waals surface area contributed by atoms with Crippen molar-refractivity contribution in [2.24, 2.45) is 5.10 Å². The maximum absolute atomic E-state index is 13.7. The highest BCUT2D eigenvalue weighted by Crippen LogP contribution is 2.37. The Bertz CT molecular complexity index is 2030. The van der Waals surface area contributed by atoms with Crippen molar-refractivity contribution in [3.05, 3.63) is 116 Å². The van der Waals surface area contributed by atoms with Gasteiger partial charge in [0.15, 0.2) is 17.3 Å². The van der Waals surface area contributed by atoms with Crippen molar-refractivity contribution >= 4 is 44.0 Å². The van der Waals surface area contributed by atoms with E-state index in [2.05, 4.69) is 27.1 Å². The van der Waals surface area contributed by atoms with Gasteiger partial charge in [-0.1, -0.05) is 48.0 Å². The molecule has 210 valence electrons. The Hall–Kier alpha value is -4.89. The molecule has 0 aliphatic rings. The normalized spacial score (nSPS) is 11.4. The predicted molar refractivity (Wildman–Crippen MR) is 167 cm³/mol. The minimum absolute atomic E-state index is 0.261. The van der Waals surface area contributed by atoms with Crippen molar-refractivity contribution < 1.29 is 18.6 Å². The summed E-state index contributed by atoms with van der Waals surface area (Å²) in [7, 11) is 3.18. The molecule has 2 heterocycles. The molecule has 2 aromatic heterocycles. The zero-order valence-electron chi connectivity index (χ0n) is 23.1. The summed E-state index contributed by atoms with van der Waals surface area (Å²) in [6, 6.07) is 26.2. The summed E-state index contributed by atoms with van der Waals surface area (Å²) in [6.07, 6.45) is 1.57. The summed E-state index contributed by atoms with van der Waals surface area (Å²) in [5.74, 6) is 2.39. The number of rotatable bonds is 8. The Morgan fingerprint density at radius 1 is 0.929 bits per heavy atom. The fourth-order valence-electron chi connectivity index (χ4n) is 4.75. The first-order chi connectivity index (χ1) is 20.4. The molecule has 42 heavy (non-hydrogen) atoms. The van der Waals surface area contributed by atoms with E-state index in [9.17, 15) is 4.79 Å². The van der Waals surface area contributed by atoms with E-state index in [4.69, 9.17) is 23.6 Å². The van der Waals surface area contributed by atoms with E-state index in [-0.39, 0.29) is 11.4 Å². The van der Waals surface area contributed by atoms with Gasteiger partial charge in [-0.2, -0.15) is 9.78 Å². The third-order valence-electron chi connectivity index (χ3n) is 6.76. The Morgan fingerprint density at radius 2 is 1.74 bits per heavy atom. The van der Waals surface area contributed by atoms with Crippen molar-refractivity contribution in [3.63, 3.8) is 0 Å². The molecule has 0 atom stereocenters. The molecule has 0 N–H and O–H groups in total. The third kappa shape index (κ3) is 5.26. The van der Waals surface area contributed by atoms with Crippen LogP contribution in [0.1, 0.15) is 16.7 Å². The minimum Gasteiger partial charge on any atom is -0.496 e. The largest absolute Gasteiger partial charge is 0.496 e. The van der Waals surface area contributed by atoms with Gasteiger partial charge in [-0.3, -0.25) is 4.79 Å². The van der Waals surface area contributed by atoms with E-state index in [0.717, 1.165) is 16.5 Å². The van der Waals surface area contributed by atoms with Crippen molar-refractivity contribution in [1.29, 1.82) is 0 Å². The molecule has 0 saturated heterocycles. The maximum atomic E-state index is 13.7. The zero-order valence-corrected chi connectivity index (χ0v) is 24.7. The quantitative estimate of drug-likeness (QED) is 0.165. The molecule has 0 fully saturated rings. The van der Waals surface area contributed by atoms with Gasteiger partial charge >= 0.3 is 0 Å². The summed E-state index contributed by atoms with van der Waals surface area (Å²) in [5, 5.41) is 5.78. The van der Waals surface area contributed by atoms with Gasteiger partial charge in [-0.15, -0.1) is 0 Å². The third-order valence-corrected chi connectivity index (χ3v) is 7.34. The van der Waals surface area contributed by atoms with E-state index >= 15 is 0 Å². The molecule has 0 unspecified atom stereocenters. The maximum Gasteiger partial charge on any atom is 0.282 e. The molecule has 8 nitrogen and oxygen atoms in total. The number of ether oxygens (including phenoxy) is 3. The second kappa shape index (κ2) is 11.5. The Morgan fingerprint density at radius 3 is 2.55 bits per heavy atom. The first-order valence-corrected chi connectivity index (χ1v) is 13.9. The van der Waals surface area contributed by atoms with Gasteiger partial charge in [0.1, 0.15) is 17.9 Å². The molecular weight excluding hydrogens is 598 g/mol. The number of halogens is 1. The standard InChI is InChI=1S/C33H26BrN3O5/c1-20-8-6-9-21(14-20)19-41-31-25(34)15-22(16-29(31)40-3)18-35-37-32(36-26-11-5-4-10-23(26)33(37)38)30-17-24-27(39-2)12-7-13-28(24)42-30/h4-18H,19H2,1-3H3. The van der Waals surface area contributed by atoms with Crippen molar-refractivity contribution in [3.8, 4) is 28.8 Å². The topological polar surface area (TPSA) is 88.1 Å². The SMILES string of the molecule is COc1cc(C=Nn2c(-c3cc4c(OC)cccc4o3)nc3ccccc3c2=O)cc(Br)c1OCc1cccc(C)c1. The number of para-hydroxylation sites is 1. The van der Waals surface area contributed by atoms with Crippen LogP contribution in [-0.2, 0) is 6.61 Å². The lowest BCUT2D eigenvalue weighted by Crippen LogP contribution is -2.20. The first-order valence-electron chi connectivity index (χ1n) is 13.1. The summed E-state index contributed by atoms with van der Waals surface area (Å²) < 4.78 is 25.3. The van der Waals surface area contributed by atoms with Crippen molar-refractivity contribution in [2.45, 2.75) is 13.5 Å². The summed E-state index contributed by atoms with van der Waals surface area (Å²) in [5.41, 5.74) is 3.71. The number of benzene rings is 4. The fourth-order valence-corrected chi connectivity index (χ4v) is 5.32. The lowest BCUT2D eigenvalue weighted by Gasteiger charge is -2.14. The van der Waals surface area contributed by atoms with Gasteiger partial charge in [0, 0.05) is 0 Å². The van der Waals surface area contributed by atoms with Crippen LogP contribution in [0.5, 0.6) is 17.2 Å². The fraction of sp³-hybridized carbons (Fsp3) is 0.121. The minimum atomic E-state index is -0.330. The number of furan rings is 1. The lowest BCUT2D eigenvalue weighted by molar-refractivity contribution is 0.282. The highest BCUT2D eigenvalue weighted by molar-refractivity contribution is 9.10. The van der Waals surface area contributed by atoms with Crippen LogP contribution in [0.4, 0.5) is 0 Å². The second-order valence-corrected chi connectivity index (χ2v) is 10.5. The average molecular weight is 624 g/mol. The molecule has 0 radical (unpaired) electrons. The molecule has 0 saturated carbocycles. The van der Waals surface area contributed by atoms with E-state index in [1.54, 1.807) is 50.8 Å². The summed E-state index contributed by atoms with van der Waals surface area (Å²) in [4.78, 5) is 18.4. The van der Waals surface area contributed by atoms with E-state index in [0.29, 0.717) is 56.1 Å². The second-order valence-electron chi connectivity index (χ2n) is 9.61. The van der Waals surface area contributed by atoms with Gasteiger partial charge in [0.05, 0.1) is 41.2 Å². The molecule has 0 bridgehead atoms. The molecule has 6 rings (SSSR count). The molecule has 0 spiro atoms. The number of aromatic nitrogens is 2. The van der Waals surface area contributed by atoms with Crippen LogP contribution >= 0.6 is 15.9 Å². The Balaban J connectivity index is 1.41. The van der Waals surface area contributed by atoms with Crippen molar-refractivity contribution in [2.75, 3.05) is 14.2 Å². The van der Waals surface area contributed by atoms with E-state index in [1.807, 2.05) is 55.5 Å². The average Bonchev–Trinajstić information content (AvgIpc) is 3.44. The van der Waals surface area contributed by atoms with Gasteiger partial charge in [-0.25, -0.2) is 4.98 Å². The summed E-state index contributed by atoms with van der Waals surface area (Å²) in [6.45, 7) is 2.43.